The molecule has 34 heavy (non-hydrogen) atoms. The summed E-state index contributed by atoms with van der Waals surface area (Å²) in [4.78, 5) is 4.54. The van der Waals surface area contributed by atoms with Gasteiger partial charge in [-0.15, -0.1) is 0 Å². The lowest BCUT2D eigenvalue weighted by Crippen LogP contribution is -2.46. The molecular formula is C27H30FN5O. The van der Waals surface area contributed by atoms with Crippen molar-refractivity contribution < 1.29 is 9.13 Å². The second-order valence-electron chi connectivity index (χ2n) is 8.78. The lowest BCUT2D eigenvalue weighted by Gasteiger charge is -2.36. The van der Waals surface area contributed by atoms with E-state index in [9.17, 15) is 0 Å². The van der Waals surface area contributed by atoms with Gasteiger partial charge in [-0.05, 0) is 54.4 Å². The predicted octanol–water partition coefficient (Wildman–Crippen LogP) is 4.26. The Bertz CT molecular complexity index is 1310. The van der Waals surface area contributed by atoms with E-state index in [1.165, 1.54) is 5.56 Å². The maximum Gasteiger partial charge on any atom is 0.172 e. The van der Waals surface area contributed by atoms with Crippen LogP contribution < -0.4 is 15.4 Å². The Labute approximate surface area is 199 Å². The molecule has 176 valence electrons. The van der Waals surface area contributed by atoms with Gasteiger partial charge in [0, 0.05) is 44.7 Å². The van der Waals surface area contributed by atoms with E-state index < -0.39 is 0 Å². The highest BCUT2D eigenvalue weighted by Gasteiger charge is 2.23. The third-order valence-electron chi connectivity index (χ3n) is 6.59. The molecule has 0 amide bonds. The van der Waals surface area contributed by atoms with Gasteiger partial charge in [-0.3, -0.25) is 4.90 Å². The minimum Gasteiger partial charge on any atom is -0.497 e. The number of hydrogen-bond acceptors (Lipinski definition) is 5. The summed E-state index contributed by atoms with van der Waals surface area (Å²) >= 11 is 0. The molecule has 1 aliphatic heterocycles. The zero-order valence-electron chi connectivity index (χ0n) is 19.7. The Morgan fingerprint density at radius 1 is 0.971 bits per heavy atom. The van der Waals surface area contributed by atoms with E-state index in [1.54, 1.807) is 11.8 Å². The third-order valence-corrected chi connectivity index (χ3v) is 6.59. The van der Waals surface area contributed by atoms with Crippen LogP contribution in [0.5, 0.6) is 5.75 Å². The summed E-state index contributed by atoms with van der Waals surface area (Å²) in [6.45, 7) is 6.47. The van der Waals surface area contributed by atoms with Crippen LogP contribution in [-0.4, -0.2) is 48.0 Å². The quantitative estimate of drug-likeness (QED) is 0.467. The molecule has 7 heteroatoms. The standard InChI is InChI=1S/C27H30FN5O/c1-19-24-9-10-25(26(28)27(24)33(30-19)22-7-3-5-20(15-22)17-29)32-13-11-31(12-14-32)18-21-6-4-8-23(16-21)34-2/h3-10,15-16H,11-14,17-18,29H2,1-2H3. The van der Waals surface area contributed by atoms with Crippen LogP contribution in [0, 0.1) is 12.7 Å². The van der Waals surface area contributed by atoms with Crippen LogP contribution in [0.3, 0.4) is 0 Å². The second-order valence-corrected chi connectivity index (χ2v) is 8.78. The summed E-state index contributed by atoms with van der Waals surface area (Å²) in [5.74, 6) is 0.646. The van der Waals surface area contributed by atoms with Crippen LogP contribution in [0.4, 0.5) is 10.1 Å². The van der Waals surface area contributed by atoms with Crippen LogP contribution >= 0.6 is 0 Å². The van der Waals surface area contributed by atoms with Crippen molar-refractivity contribution in [1.82, 2.24) is 14.7 Å². The molecule has 2 heterocycles. The van der Waals surface area contributed by atoms with Gasteiger partial charge in [0.15, 0.2) is 5.82 Å². The van der Waals surface area contributed by atoms with Gasteiger partial charge in [-0.1, -0.05) is 24.3 Å². The van der Waals surface area contributed by atoms with Crippen molar-refractivity contribution in [3.8, 4) is 11.4 Å². The lowest BCUT2D eigenvalue weighted by molar-refractivity contribution is 0.249. The highest BCUT2D eigenvalue weighted by molar-refractivity contribution is 5.87. The number of methoxy groups -OCH3 is 1. The molecule has 0 spiro atoms. The number of fused-ring (bicyclic) bond motifs is 1. The highest BCUT2D eigenvalue weighted by atomic mass is 19.1. The molecule has 0 radical (unpaired) electrons. The van der Waals surface area contributed by atoms with Crippen LogP contribution in [0.25, 0.3) is 16.6 Å². The highest BCUT2D eigenvalue weighted by Crippen LogP contribution is 2.32. The molecule has 0 saturated carbocycles. The van der Waals surface area contributed by atoms with Crippen molar-refractivity contribution in [2.24, 2.45) is 5.73 Å². The van der Waals surface area contributed by atoms with Crippen molar-refractivity contribution in [3.63, 3.8) is 0 Å². The first-order valence-electron chi connectivity index (χ1n) is 11.6. The average molecular weight is 460 g/mol. The summed E-state index contributed by atoms with van der Waals surface area (Å²) in [6.07, 6.45) is 0. The fourth-order valence-corrected chi connectivity index (χ4v) is 4.73. The van der Waals surface area contributed by atoms with Gasteiger partial charge >= 0.3 is 0 Å². The van der Waals surface area contributed by atoms with Gasteiger partial charge in [0.2, 0.25) is 0 Å². The van der Waals surface area contributed by atoms with Crippen LogP contribution in [0.15, 0.2) is 60.7 Å². The Kier molecular flexibility index (Phi) is 6.22. The smallest absolute Gasteiger partial charge is 0.172 e. The SMILES string of the molecule is COc1cccc(CN2CCN(c3ccc4c(C)nn(-c5cccc(CN)c5)c4c3F)CC2)c1. The van der Waals surface area contributed by atoms with Crippen LogP contribution in [0.2, 0.25) is 0 Å². The van der Waals surface area contributed by atoms with E-state index in [0.717, 1.165) is 60.8 Å². The molecule has 1 saturated heterocycles. The van der Waals surface area contributed by atoms with Gasteiger partial charge in [-0.25, -0.2) is 9.07 Å². The third kappa shape index (κ3) is 4.24. The zero-order chi connectivity index (χ0) is 23.7. The fourth-order valence-electron chi connectivity index (χ4n) is 4.73. The maximum atomic E-state index is 16.0. The molecule has 0 atom stereocenters. The molecule has 1 aromatic heterocycles. The number of aryl methyl sites for hydroxylation is 1. The summed E-state index contributed by atoms with van der Waals surface area (Å²) < 4.78 is 23.0. The second kappa shape index (κ2) is 9.44. The van der Waals surface area contributed by atoms with Crippen LogP contribution in [0.1, 0.15) is 16.8 Å². The Balaban J connectivity index is 1.39. The lowest BCUT2D eigenvalue weighted by atomic mass is 10.1. The molecule has 4 aromatic rings. The number of halogens is 1. The molecule has 3 aromatic carbocycles. The number of hydrogen-bond donors (Lipinski definition) is 1. The average Bonchev–Trinajstić information content (AvgIpc) is 3.22. The predicted molar refractivity (Wildman–Crippen MR) is 134 cm³/mol. The molecule has 0 bridgehead atoms. The van der Waals surface area contributed by atoms with Crippen molar-refractivity contribution in [3.05, 3.63) is 83.3 Å². The molecule has 1 fully saturated rings. The van der Waals surface area contributed by atoms with E-state index in [0.29, 0.717) is 17.7 Å². The number of nitrogens with two attached hydrogens (primary N) is 1. The van der Waals surface area contributed by atoms with E-state index in [2.05, 4.69) is 27.0 Å². The molecule has 6 nitrogen and oxygen atoms in total. The molecule has 0 unspecified atom stereocenters. The molecule has 1 aliphatic rings. The number of benzene rings is 3. The van der Waals surface area contributed by atoms with E-state index in [-0.39, 0.29) is 5.82 Å². The first-order valence-corrected chi connectivity index (χ1v) is 11.6. The number of ether oxygens (including phenoxy) is 1. The fraction of sp³-hybridized carbons (Fsp3) is 0.296. The summed E-state index contributed by atoms with van der Waals surface area (Å²) in [7, 11) is 1.69. The summed E-state index contributed by atoms with van der Waals surface area (Å²) in [5, 5.41) is 5.48. The number of anilines is 1. The Morgan fingerprint density at radius 3 is 2.50 bits per heavy atom. The topological polar surface area (TPSA) is 59.5 Å². The van der Waals surface area contributed by atoms with Crippen molar-refractivity contribution in [2.45, 2.75) is 20.0 Å². The molecule has 2 N–H and O–H groups in total. The largest absolute Gasteiger partial charge is 0.497 e. The molecule has 5 rings (SSSR count). The first kappa shape index (κ1) is 22.4. The Hall–Kier alpha value is -3.42. The zero-order valence-corrected chi connectivity index (χ0v) is 19.7. The van der Waals surface area contributed by atoms with Gasteiger partial charge in [0.05, 0.1) is 24.2 Å². The normalized spacial score (nSPS) is 14.6. The minimum atomic E-state index is -0.225. The van der Waals surface area contributed by atoms with E-state index in [1.807, 2.05) is 55.5 Å². The van der Waals surface area contributed by atoms with Gasteiger partial charge in [0.1, 0.15) is 11.3 Å². The van der Waals surface area contributed by atoms with Crippen molar-refractivity contribution in [1.29, 1.82) is 0 Å². The van der Waals surface area contributed by atoms with Crippen molar-refractivity contribution >= 4 is 16.6 Å². The van der Waals surface area contributed by atoms with Gasteiger partial charge < -0.3 is 15.4 Å². The molecule has 0 aliphatic carbocycles. The summed E-state index contributed by atoms with van der Waals surface area (Å²) in [6, 6.07) is 19.9. The number of nitrogens with zero attached hydrogens (tertiary/aromatic N) is 4. The monoisotopic (exact) mass is 459 g/mol. The number of rotatable bonds is 6. The minimum absolute atomic E-state index is 0.225. The summed E-state index contributed by atoms with van der Waals surface area (Å²) in [5.41, 5.74) is 10.8. The van der Waals surface area contributed by atoms with Crippen LogP contribution in [-0.2, 0) is 13.1 Å². The maximum absolute atomic E-state index is 16.0. The van der Waals surface area contributed by atoms with Gasteiger partial charge in [-0.2, -0.15) is 5.10 Å². The Morgan fingerprint density at radius 2 is 1.74 bits per heavy atom. The van der Waals surface area contributed by atoms with Crippen molar-refractivity contribution in [2.75, 3.05) is 38.2 Å². The number of piperazine rings is 1. The van der Waals surface area contributed by atoms with Gasteiger partial charge in [0.25, 0.3) is 0 Å². The van der Waals surface area contributed by atoms with E-state index >= 15 is 4.39 Å². The first-order chi connectivity index (χ1) is 16.6. The molecular weight excluding hydrogens is 429 g/mol. The number of aromatic nitrogens is 2. The van der Waals surface area contributed by atoms with E-state index in [4.69, 9.17) is 10.5 Å².